The van der Waals surface area contributed by atoms with Gasteiger partial charge in [0.2, 0.25) is 0 Å². The van der Waals surface area contributed by atoms with Crippen LogP contribution in [0.3, 0.4) is 0 Å². The molecule has 5 heteroatoms. The maximum absolute atomic E-state index is 12.4. The zero-order valence-electron chi connectivity index (χ0n) is 16.0. The zero-order valence-corrected chi connectivity index (χ0v) is 16.8. The Labute approximate surface area is 166 Å². The van der Waals surface area contributed by atoms with Crippen molar-refractivity contribution in [3.05, 3.63) is 64.2 Å². The van der Waals surface area contributed by atoms with Crippen molar-refractivity contribution in [2.75, 3.05) is 19.8 Å². The lowest BCUT2D eigenvalue weighted by atomic mass is 9.90. The third kappa shape index (κ3) is 5.39. The Kier molecular flexibility index (Phi) is 6.62. The van der Waals surface area contributed by atoms with Crippen LogP contribution in [0.4, 0.5) is 4.79 Å². The first-order valence-electron chi connectivity index (χ1n) is 9.49. The van der Waals surface area contributed by atoms with E-state index >= 15 is 0 Å². The third-order valence-electron chi connectivity index (χ3n) is 5.14. The molecule has 0 spiro atoms. The molecule has 27 heavy (non-hydrogen) atoms. The van der Waals surface area contributed by atoms with E-state index in [9.17, 15) is 4.79 Å². The van der Waals surface area contributed by atoms with Gasteiger partial charge in [-0.25, -0.2) is 4.79 Å². The number of likely N-dealkylation sites (tertiary alicyclic amines) is 1. The quantitative estimate of drug-likeness (QED) is 0.738. The maximum atomic E-state index is 12.4. The van der Waals surface area contributed by atoms with Crippen LogP contribution in [0, 0.1) is 19.8 Å². The number of piperidine rings is 1. The van der Waals surface area contributed by atoms with Gasteiger partial charge in [-0.15, -0.1) is 0 Å². The number of nitrogens with one attached hydrogen (secondary N) is 1. The van der Waals surface area contributed by atoms with Crippen molar-refractivity contribution in [3.8, 4) is 5.75 Å². The number of hydrogen-bond acceptors (Lipinski definition) is 2. The van der Waals surface area contributed by atoms with Gasteiger partial charge in [-0.2, -0.15) is 0 Å². The van der Waals surface area contributed by atoms with E-state index < -0.39 is 0 Å². The van der Waals surface area contributed by atoms with Crippen molar-refractivity contribution in [3.63, 3.8) is 0 Å². The van der Waals surface area contributed by atoms with E-state index in [2.05, 4.69) is 29.6 Å². The molecule has 1 aliphatic rings. The highest BCUT2D eigenvalue weighted by atomic mass is 35.5. The Morgan fingerprint density at radius 3 is 2.41 bits per heavy atom. The average Bonchev–Trinajstić information content (AvgIpc) is 2.67. The predicted octanol–water partition coefficient (Wildman–Crippen LogP) is 4.96. The molecular formula is C22H27ClN2O2. The fourth-order valence-corrected chi connectivity index (χ4v) is 3.68. The molecule has 2 aromatic carbocycles. The first-order valence-corrected chi connectivity index (χ1v) is 9.87. The Morgan fingerprint density at radius 1 is 1.15 bits per heavy atom. The molecule has 0 unspecified atom stereocenters. The number of amides is 2. The predicted molar refractivity (Wildman–Crippen MR) is 109 cm³/mol. The molecule has 1 N–H and O–H groups in total. The highest BCUT2D eigenvalue weighted by Gasteiger charge is 2.22. The number of carbonyl (C=O) groups is 1. The zero-order chi connectivity index (χ0) is 19.2. The summed E-state index contributed by atoms with van der Waals surface area (Å²) < 4.78 is 5.67. The summed E-state index contributed by atoms with van der Waals surface area (Å²) in [6.07, 6.45) is 3.17. The number of aryl methyl sites for hydroxylation is 2. The first-order chi connectivity index (χ1) is 13.0. The smallest absolute Gasteiger partial charge is 0.320 e. The van der Waals surface area contributed by atoms with E-state index in [-0.39, 0.29) is 12.8 Å². The molecule has 0 radical (unpaired) electrons. The van der Waals surface area contributed by atoms with Gasteiger partial charge in [0.1, 0.15) is 5.75 Å². The van der Waals surface area contributed by atoms with E-state index in [4.69, 9.17) is 16.3 Å². The van der Waals surface area contributed by atoms with Crippen LogP contribution in [-0.4, -0.2) is 30.8 Å². The molecule has 1 saturated heterocycles. The van der Waals surface area contributed by atoms with Gasteiger partial charge >= 0.3 is 6.03 Å². The van der Waals surface area contributed by atoms with Gasteiger partial charge in [0.15, 0.2) is 6.73 Å². The number of ether oxygens (including phenoxy) is 1. The SMILES string of the molecule is Cc1cc(OCNC(=O)N2CCC(Cc3ccccc3)CC2)cc(C)c1Cl. The van der Waals surface area contributed by atoms with E-state index in [1.165, 1.54) is 5.56 Å². The van der Waals surface area contributed by atoms with Crippen molar-refractivity contribution in [2.45, 2.75) is 33.1 Å². The summed E-state index contributed by atoms with van der Waals surface area (Å²) in [6.45, 7) is 5.63. The molecule has 0 atom stereocenters. The van der Waals surface area contributed by atoms with Crippen LogP contribution >= 0.6 is 11.6 Å². The van der Waals surface area contributed by atoms with Gasteiger partial charge in [-0.05, 0) is 67.9 Å². The Hall–Kier alpha value is -2.20. The second-order valence-corrected chi connectivity index (χ2v) is 7.64. The minimum absolute atomic E-state index is 0.0597. The lowest BCUT2D eigenvalue weighted by molar-refractivity contribution is 0.161. The Balaban J connectivity index is 1.41. The Bertz CT molecular complexity index is 748. The van der Waals surface area contributed by atoms with Gasteiger partial charge in [0, 0.05) is 18.1 Å². The third-order valence-corrected chi connectivity index (χ3v) is 5.74. The standard InChI is InChI=1S/C22H27ClN2O2/c1-16-12-20(13-17(2)21(16)23)27-15-24-22(26)25-10-8-19(9-11-25)14-18-6-4-3-5-7-18/h3-7,12-13,19H,8-11,14-15H2,1-2H3,(H,24,26). The van der Waals surface area contributed by atoms with Crippen LogP contribution in [0.25, 0.3) is 0 Å². The lowest BCUT2D eigenvalue weighted by Gasteiger charge is -2.32. The molecule has 144 valence electrons. The molecule has 2 amide bonds. The van der Waals surface area contributed by atoms with Gasteiger partial charge in [-0.3, -0.25) is 0 Å². The summed E-state index contributed by atoms with van der Waals surface area (Å²) >= 11 is 6.17. The molecule has 1 heterocycles. The highest BCUT2D eigenvalue weighted by Crippen LogP contribution is 2.26. The monoisotopic (exact) mass is 386 g/mol. The molecule has 1 fully saturated rings. The largest absolute Gasteiger partial charge is 0.473 e. The molecule has 0 aromatic heterocycles. The van der Waals surface area contributed by atoms with E-state index in [0.29, 0.717) is 5.92 Å². The van der Waals surface area contributed by atoms with Crippen LogP contribution in [-0.2, 0) is 6.42 Å². The van der Waals surface area contributed by atoms with Crippen LogP contribution in [0.5, 0.6) is 5.75 Å². The van der Waals surface area contributed by atoms with E-state index in [1.54, 1.807) is 0 Å². The minimum atomic E-state index is -0.0597. The fourth-order valence-electron chi connectivity index (χ4n) is 3.57. The lowest BCUT2D eigenvalue weighted by Crippen LogP contribution is -2.45. The molecule has 3 rings (SSSR count). The summed E-state index contributed by atoms with van der Waals surface area (Å²) in [4.78, 5) is 14.2. The van der Waals surface area contributed by atoms with Gasteiger partial charge < -0.3 is 15.0 Å². The van der Waals surface area contributed by atoms with Crippen molar-refractivity contribution >= 4 is 17.6 Å². The van der Waals surface area contributed by atoms with E-state index in [0.717, 1.165) is 54.3 Å². The molecule has 0 bridgehead atoms. The summed E-state index contributed by atoms with van der Waals surface area (Å²) in [7, 11) is 0. The summed E-state index contributed by atoms with van der Waals surface area (Å²) in [5, 5.41) is 3.61. The fraction of sp³-hybridized carbons (Fsp3) is 0.409. The van der Waals surface area contributed by atoms with Crippen molar-refractivity contribution in [2.24, 2.45) is 5.92 Å². The number of urea groups is 1. The number of hydrogen-bond donors (Lipinski definition) is 1. The van der Waals surface area contributed by atoms with Crippen LogP contribution in [0.1, 0.15) is 29.5 Å². The van der Waals surface area contributed by atoms with Crippen LogP contribution in [0.15, 0.2) is 42.5 Å². The van der Waals surface area contributed by atoms with Gasteiger partial charge in [0.05, 0.1) is 0 Å². The molecule has 4 nitrogen and oxygen atoms in total. The van der Waals surface area contributed by atoms with Gasteiger partial charge in [0.25, 0.3) is 0 Å². The first kappa shape index (κ1) is 19.6. The van der Waals surface area contributed by atoms with Gasteiger partial charge in [-0.1, -0.05) is 41.9 Å². The molecular weight excluding hydrogens is 360 g/mol. The van der Waals surface area contributed by atoms with E-state index in [1.807, 2.05) is 36.9 Å². The molecule has 0 aliphatic carbocycles. The van der Waals surface area contributed by atoms with Crippen molar-refractivity contribution in [1.82, 2.24) is 10.2 Å². The number of carbonyl (C=O) groups excluding carboxylic acids is 1. The average molecular weight is 387 g/mol. The highest BCUT2D eigenvalue weighted by molar-refractivity contribution is 6.32. The molecule has 0 saturated carbocycles. The van der Waals surface area contributed by atoms with Crippen molar-refractivity contribution < 1.29 is 9.53 Å². The molecule has 1 aliphatic heterocycles. The van der Waals surface area contributed by atoms with Crippen LogP contribution < -0.4 is 10.1 Å². The number of halogens is 1. The maximum Gasteiger partial charge on any atom is 0.320 e. The second kappa shape index (κ2) is 9.14. The Morgan fingerprint density at radius 2 is 1.78 bits per heavy atom. The molecule has 2 aromatic rings. The van der Waals surface area contributed by atoms with Crippen LogP contribution in [0.2, 0.25) is 5.02 Å². The number of rotatable bonds is 5. The number of benzene rings is 2. The summed E-state index contributed by atoms with van der Waals surface area (Å²) in [5.41, 5.74) is 3.32. The summed E-state index contributed by atoms with van der Waals surface area (Å²) in [6, 6.07) is 14.3. The minimum Gasteiger partial charge on any atom is -0.473 e. The number of nitrogens with zero attached hydrogens (tertiary/aromatic N) is 1. The topological polar surface area (TPSA) is 41.6 Å². The second-order valence-electron chi connectivity index (χ2n) is 7.26. The normalized spacial score (nSPS) is 14.9. The van der Waals surface area contributed by atoms with Crippen molar-refractivity contribution in [1.29, 1.82) is 0 Å². The summed E-state index contributed by atoms with van der Waals surface area (Å²) in [5.74, 6) is 1.36.